The Balaban J connectivity index is 1.98. The Labute approximate surface area is 123 Å². The number of benzene rings is 1. The smallest absolute Gasteiger partial charge is 0.127 e. The van der Waals surface area contributed by atoms with E-state index in [-0.39, 0.29) is 0 Å². The van der Waals surface area contributed by atoms with Crippen molar-refractivity contribution in [1.82, 2.24) is 10.2 Å². The summed E-state index contributed by atoms with van der Waals surface area (Å²) in [5.74, 6) is 1.13. The van der Waals surface area contributed by atoms with Crippen molar-refractivity contribution in [2.45, 2.75) is 39.7 Å². The van der Waals surface area contributed by atoms with E-state index in [4.69, 9.17) is 4.74 Å². The highest BCUT2D eigenvalue weighted by Gasteiger charge is 2.22. The fraction of sp³-hybridized carbons (Fsp3) is 0.647. The number of hydrogen-bond acceptors (Lipinski definition) is 3. The van der Waals surface area contributed by atoms with Crippen LogP contribution in [0.25, 0.3) is 0 Å². The molecule has 1 heterocycles. The molecule has 3 nitrogen and oxygen atoms in total. The molecule has 0 bridgehead atoms. The zero-order valence-electron chi connectivity index (χ0n) is 13.1. The van der Waals surface area contributed by atoms with E-state index in [1.165, 1.54) is 11.1 Å². The highest BCUT2D eigenvalue weighted by molar-refractivity contribution is 5.44. The molecule has 0 aromatic heterocycles. The van der Waals surface area contributed by atoms with Crippen molar-refractivity contribution in [2.24, 2.45) is 0 Å². The fourth-order valence-corrected chi connectivity index (χ4v) is 2.92. The summed E-state index contributed by atoms with van der Waals surface area (Å²) in [4.78, 5) is 2.45. The minimum absolute atomic E-state index is 0.445. The van der Waals surface area contributed by atoms with Gasteiger partial charge in [-0.25, -0.2) is 0 Å². The van der Waals surface area contributed by atoms with Gasteiger partial charge in [0.05, 0.1) is 6.61 Å². The Bertz CT molecular complexity index is 415. The summed E-state index contributed by atoms with van der Waals surface area (Å²) in [6.07, 6.45) is 2.10. The number of rotatable bonds is 7. The molecule has 1 aromatic rings. The number of nitrogens with zero attached hydrogens (tertiary/aromatic N) is 1. The van der Waals surface area contributed by atoms with E-state index in [0.29, 0.717) is 6.04 Å². The molecule has 1 aliphatic rings. The Morgan fingerprint density at radius 3 is 2.75 bits per heavy atom. The summed E-state index contributed by atoms with van der Waals surface area (Å²) in [5, 5.41) is 3.71. The average Bonchev–Trinajstić information content (AvgIpc) is 2.51. The lowest BCUT2D eigenvalue weighted by molar-refractivity contribution is 0.241. The molecule has 3 heteroatoms. The minimum Gasteiger partial charge on any atom is -0.493 e. The van der Waals surface area contributed by atoms with Crippen molar-refractivity contribution in [3.05, 3.63) is 29.3 Å². The number of ether oxygens (including phenoxy) is 1. The van der Waals surface area contributed by atoms with Crippen LogP contribution in [-0.2, 0) is 6.42 Å². The molecule has 1 aromatic carbocycles. The van der Waals surface area contributed by atoms with Crippen LogP contribution in [-0.4, -0.2) is 37.7 Å². The molecule has 1 atom stereocenters. The van der Waals surface area contributed by atoms with E-state index in [1.807, 2.05) is 0 Å². The Kier molecular flexibility index (Phi) is 5.86. The van der Waals surface area contributed by atoms with Gasteiger partial charge in [-0.05, 0) is 25.1 Å². The molecule has 112 valence electrons. The van der Waals surface area contributed by atoms with E-state index in [2.05, 4.69) is 49.2 Å². The third-order valence-electron chi connectivity index (χ3n) is 4.25. The standard InChI is InChI=1S/C17H28N2O/c1-4-14-8-7-9-15-16(10-13-20-17(14)15)18-11-12-19(5-2)6-3/h7-9,16,18H,4-6,10-13H2,1-3H3. The van der Waals surface area contributed by atoms with Crippen molar-refractivity contribution in [3.63, 3.8) is 0 Å². The third-order valence-corrected chi connectivity index (χ3v) is 4.25. The van der Waals surface area contributed by atoms with Crippen LogP contribution in [0.1, 0.15) is 44.4 Å². The van der Waals surface area contributed by atoms with Gasteiger partial charge in [-0.1, -0.05) is 39.0 Å². The number of likely N-dealkylation sites (N-methyl/N-ethyl adjacent to an activating group) is 1. The van der Waals surface area contributed by atoms with Gasteiger partial charge in [0.15, 0.2) is 0 Å². The Hall–Kier alpha value is -1.06. The zero-order valence-corrected chi connectivity index (χ0v) is 13.1. The van der Waals surface area contributed by atoms with Crippen LogP contribution in [0.15, 0.2) is 18.2 Å². The second kappa shape index (κ2) is 7.65. The predicted molar refractivity (Wildman–Crippen MR) is 84.5 cm³/mol. The molecule has 1 N–H and O–H groups in total. The SMILES string of the molecule is CCc1cccc2c1OCCC2NCCN(CC)CC. The number of nitrogens with one attached hydrogen (secondary N) is 1. The fourth-order valence-electron chi connectivity index (χ4n) is 2.92. The van der Waals surface area contributed by atoms with Crippen molar-refractivity contribution >= 4 is 0 Å². The molecule has 1 unspecified atom stereocenters. The number of fused-ring (bicyclic) bond motifs is 1. The summed E-state index contributed by atoms with van der Waals surface area (Å²) >= 11 is 0. The van der Waals surface area contributed by atoms with Gasteiger partial charge >= 0.3 is 0 Å². The van der Waals surface area contributed by atoms with Gasteiger partial charge in [-0.15, -0.1) is 0 Å². The van der Waals surface area contributed by atoms with Gasteiger partial charge in [-0.2, -0.15) is 0 Å². The Morgan fingerprint density at radius 1 is 1.25 bits per heavy atom. The van der Waals surface area contributed by atoms with Gasteiger partial charge in [-0.3, -0.25) is 0 Å². The van der Waals surface area contributed by atoms with E-state index >= 15 is 0 Å². The molecule has 0 radical (unpaired) electrons. The van der Waals surface area contributed by atoms with Gasteiger partial charge in [0.1, 0.15) is 5.75 Å². The number of aryl methyl sites for hydroxylation is 1. The van der Waals surface area contributed by atoms with Gasteiger partial charge < -0.3 is 15.0 Å². The minimum atomic E-state index is 0.445. The molecule has 0 aliphatic carbocycles. The highest BCUT2D eigenvalue weighted by Crippen LogP contribution is 2.34. The van der Waals surface area contributed by atoms with Crippen LogP contribution in [0.4, 0.5) is 0 Å². The second-order valence-electron chi connectivity index (χ2n) is 5.36. The van der Waals surface area contributed by atoms with E-state index in [0.717, 1.165) is 51.4 Å². The van der Waals surface area contributed by atoms with Gasteiger partial charge in [0, 0.05) is 31.1 Å². The molecular weight excluding hydrogens is 248 g/mol. The molecule has 0 saturated carbocycles. The third kappa shape index (κ3) is 3.53. The van der Waals surface area contributed by atoms with Crippen LogP contribution in [0.2, 0.25) is 0 Å². The van der Waals surface area contributed by atoms with Crippen molar-refractivity contribution in [3.8, 4) is 5.75 Å². The molecular formula is C17H28N2O. The summed E-state index contributed by atoms with van der Waals surface area (Å²) < 4.78 is 5.90. The Morgan fingerprint density at radius 2 is 2.05 bits per heavy atom. The quantitative estimate of drug-likeness (QED) is 0.828. The summed E-state index contributed by atoms with van der Waals surface area (Å²) in [7, 11) is 0. The van der Waals surface area contributed by atoms with Crippen molar-refractivity contribution in [2.75, 3.05) is 32.8 Å². The second-order valence-corrected chi connectivity index (χ2v) is 5.36. The first-order valence-electron chi connectivity index (χ1n) is 8.00. The normalized spacial score (nSPS) is 17.9. The molecule has 0 fully saturated rings. The van der Waals surface area contributed by atoms with Crippen molar-refractivity contribution < 1.29 is 4.74 Å². The lowest BCUT2D eigenvalue weighted by atomic mass is 9.96. The summed E-state index contributed by atoms with van der Waals surface area (Å²) in [6, 6.07) is 6.99. The van der Waals surface area contributed by atoms with Crippen molar-refractivity contribution in [1.29, 1.82) is 0 Å². The van der Waals surface area contributed by atoms with E-state index in [1.54, 1.807) is 0 Å². The van der Waals surface area contributed by atoms with Crippen LogP contribution in [0.5, 0.6) is 5.75 Å². The largest absolute Gasteiger partial charge is 0.493 e. The van der Waals surface area contributed by atoms with Crippen LogP contribution < -0.4 is 10.1 Å². The molecule has 1 aliphatic heterocycles. The first-order valence-corrected chi connectivity index (χ1v) is 8.00. The maximum Gasteiger partial charge on any atom is 0.127 e. The van der Waals surface area contributed by atoms with Gasteiger partial charge in [0.2, 0.25) is 0 Å². The molecule has 2 rings (SSSR count). The monoisotopic (exact) mass is 276 g/mol. The number of hydrogen-bond donors (Lipinski definition) is 1. The number of para-hydroxylation sites is 1. The lowest BCUT2D eigenvalue weighted by Crippen LogP contribution is -2.35. The van der Waals surface area contributed by atoms with Crippen LogP contribution in [0, 0.1) is 0 Å². The summed E-state index contributed by atoms with van der Waals surface area (Å²) in [5.41, 5.74) is 2.67. The molecule has 0 saturated heterocycles. The first kappa shape index (κ1) is 15.3. The van der Waals surface area contributed by atoms with Crippen LogP contribution in [0.3, 0.4) is 0 Å². The molecule has 0 spiro atoms. The van der Waals surface area contributed by atoms with E-state index in [9.17, 15) is 0 Å². The summed E-state index contributed by atoms with van der Waals surface area (Å²) in [6.45, 7) is 11.9. The molecule has 20 heavy (non-hydrogen) atoms. The molecule has 0 amide bonds. The topological polar surface area (TPSA) is 24.5 Å². The van der Waals surface area contributed by atoms with E-state index < -0.39 is 0 Å². The van der Waals surface area contributed by atoms with Gasteiger partial charge in [0.25, 0.3) is 0 Å². The lowest BCUT2D eigenvalue weighted by Gasteiger charge is -2.29. The maximum absolute atomic E-state index is 5.90. The average molecular weight is 276 g/mol. The highest BCUT2D eigenvalue weighted by atomic mass is 16.5. The zero-order chi connectivity index (χ0) is 14.4. The van der Waals surface area contributed by atoms with Crippen LogP contribution >= 0.6 is 0 Å². The maximum atomic E-state index is 5.90. The first-order chi connectivity index (χ1) is 9.80. The predicted octanol–water partition coefficient (Wildman–Crippen LogP) is 3.00.